The van der Waals surface area contributed by atoms with Crippen molar-refractivity contribution in [2.45, 2.75) is 26.3 Å². The van der Waals surface area contributed by atoms with Crippen molar-refractivity contribution in [2.24, 2.45) is 0 Å². The standard InChI is InChI=1S/C18H21N3O3S/c1-18(2,3)21-15(22)11-19-16(23)12-6-8-13(9-7-12)20-17(24)14-5-4-10-25-14/h4-10H,11H2,1-3H3,(H,19,23)(H,20,24)(H,21,22). The predicted molar refractivity (Wildman–Crippen MR) is 98.9 cm³/mol. The van der Waals surface area contributed by atoms with Gasteiger partial charge in [0.25, 0.3) is 11.8 Å². The fraction of sp³-hybridized carbons (Fsp3) is 0.278. The minimum Gasteiger partial charge on any atom is -0.350 e. The van der Waals surface area contributed by atoms with E-state index in [4.69, 9.17) is 0 Å². The third-order valence-electron chi connectivity index (χ3n) is 3.07. The van der Waals surface area contributed by atoms with Crippen molar-refractivity contribution in [1.29, 1.82) is 0 Å². The highest BCUT2D eigenvalue weighted by molar-refractivity contribution is 7.12. The SMILES string of the molecule is CC(C)(C)NC(=O)CNC(=O)c1ccc(NC(=O)c2cccs2)cc1. The summed E-state index contributed by atoms with van der Waals surface area (Å²) in [7, 11) is 0. The molecule has 2 rings (SSSR count). The lowest BCUT2D eigenvalue weighted by Gasteiger charge is -2.20. The smallest absolute Gasteiger partial charge is 0.265 e. The zero-order valence-corrected chi connectivity index (χ0v) is 15.2. The molecule has 132 valence electrons. The van der Waals surface area contributed by atoms with Gasteiger partial charge in [0.05, 0.1) is 11.4 Å². The molecule has 0 aliphatic heterocycles. The average Bonchev–Trinajstić information content (AvgIpc) is 3.06. The second-order valence-corrected chi connectivity index (χ2v) is 7.44. The number of amides is 3. The highest BCUT2D eigenvalue weighted by Gasteiger charge is 2.15. The molecule has 0 bridgehead atoms. The second kappa shape index (κ2) is 7.94. The maximum Gasteiger partial charge on any atom is 0.265 e. The molecule has 25 heavy (non-hydrogen) atoms. The maximum absolute atomic E-state index is 12.1. The molecule has 0 saturated carbocycles. The molecular weight excluding hydrogens is 338 g/mol. The van der Waals surface area contributed by atoms with E-state index in [-0.39, 0.29) is 29.8 Å². The number of carbonyl (C=O) groups excluding carboxylic acids is 3. The molecule has 2 aromatic rings. The lowest BCUT2D eigenvalue weighted by Crippen LogP contribution is -2.45. The van der Waals surface area contributed by atoms with Crippen LogP contribution in [0.3, 0.4) is 0 Å². The van der Waals surface area contributed by atoms with E-state index in [9.17, 15) is 14.4 Å². The van der Waals surface area contributed by atoms with Crippen molar-refractivity contribution < 1.29 is 14.4 Å². The summed E-state index contributed by atoms with van der Waals surface area (Å²) < 4.78 is 0. The monoisotopic (exact) mass is 359 g/mol. The Morgan fingerprint density at radius 3 is 2.24 bits per heavy atom. The van der Waals surface area contributed by atoms with Crippen molar-refractivity contribution in [3.05, 3.63) is 52.2 Å². The van der Waals surface area contributed by atoms with E-state index >= 15 is 0 Å². The van der Waals surface area contributed by atoms with Gasteiger partial charge in [0.1, 0.15) is 0 Å². The van der Waals surface area contributed by atoms with E-state index in [0.29, 0.717) is 16.1 Å². The van der Waals surface area contributed by atoms with Crippen molar-refractivity contribution >= 4 is 34.7 Å². The van der Waals surface area contributed by atoms with Crippen molar-refractivity contribution in [3.63, 3.8) is 0 Å². The summed E-state index contributed by atoms with van der Waals surface area (Å²) in [6.07, 6.45) is 0. The molecule has 0 aliphatic rings. The van der Waals surface area contributed by atoms with Crippen LogP contribution in [-0.2, 0) is 4.79 Å². The van der Waals surface area contributed by atoms with Crippen LogP contribution in [0.5, 0.6) is 0 Å². The van der Waals surface area contributed by atoms with Crippen LogP contribution in [0.1, 0.15) is 40.8 Å². The van der Waals surface area contributed by atoms with E-state index in [0.717, 1.165) is 0 Å². The summed E-state index contributed by atoms with van der Waals surface area (Å²) in [6.45, 7) is 5.52. The normalized spacial score (nSPS) is 10.8. The van der Waals surface area contributed by atoms with Crippen LogP contribution >= 0.6 is 11.3 Å². The van der Waals surface area contributed by atoms with Crippen LogP contribution in [0.4, 0.5) is 5.69 Å². The average molecular weight is 359 g/mol. The number of nitrogens with one attached hydrogen (secondary N) is 3. The number of thiophene rings is 1. The van der Waals surface area contributed by atoms with E-state index in [1.165, 1.54) is 11.3 Å². The van der Waals surface area contributed by atoms with Gasteiger partial charge in [-0.3, -0.25) is 14.4 Å². The van der Waals surface area contributed by atoms with Crippen LogP contribution in [0.25, 0.3) is 0 Å². The van der Waals surface area contributed by atoms with Crippen molar-refractivity contribution in [3.8, 4) is 0 Å². The van der Waals surface area contributed by atoms with Crippen molar-refractivity contribution in [2.75, 3.05) is 11.9 Å². The summed E-state index contributed by atoms with van der Waals surface area (Å²) in [4.78, 5) is 36.3. The van der Waals surface area contributed by atoms with Gasteiger partial charge in [0, 0.05) is 16.8 Å². The van der Waals surface area contributed by atoms with Crippen LogP contribution in [0, 0.1) is 0 Å². The number of rotatable bonds is 5. The number of benzene rings is 1. The fourth-order valence-corrected chi connectivity index (χ4v) is 2.65. The molecule has 7 heteroatoms. The Labute approximate surface area is 150 Å². The largest absolute Gasteiger partial charge is 0.350 e. The summed E-state index contributed by atoms with van der Waals surface area (Å²) in [5, 5.41) is 9.93. The first-order valence-corrected chi connectivity index (χ1v) is 8.67. The molecule has 0 saturated heterocycles. The van der Waals surface area contributed by atoms with Crippen LogP contribution in [0.15, 0.2) is 41.8 Å². The molecular formula is C18H21N3O3S. The molecule has 0 radical (unpaired) electrons. The third-order valence-corrected chi connectivity index (χ3v) is 3.94. The minimum atomic E-state index is -0.347. The molecule has 0 unspecified atom stereocenters. The summed E-state index contributed by atoms with van der Waals surface area (Å²) in [5.74, 6) is -0.785. The Morgan fingerprint density at radius 1 is 1.00 bits per heavy atom. The number of hydrogen-bond donors (Lipinski definition) is 3. The van der Waals surface area contributed by atoms with Gasteiger partial charge in [-0.2, -0.15) is 0 Å². The Bertz CT molecular complexity index is 747. The number of carbonyl (C=O) groups is 3. The molecule has 1 heterocycles. The molecule has 3 N–H and O–H groups in total. The van der Waals surface area contributed by atoms with Crippen LogP contribution in [0.2, 0.25) is 0 Å². The van der Waals surface area contributed by atoms with Gasteiger partial charge in [0.15, 0.2) is 0 Å². The maximum atomic E-state index is 12.1. The molecule has 1 aromatic heterocycles. The molecule has 1 aromatic carbocycles. The van der Waals surface area contributed by atoms with Gasteiger partial charge in [-0.1, -0.05) is 6.07 Å². The molecule has 0 atom stereocenters. The zero-order valence-electron chi connectivity index (χ0n) is 14.4. The van der Waals surface area contributed by atoms with Gasteiger partial charge in [-0.15, -0.1) is 11.3 Å². The zero-order chi connectivity index (χ0) is 18.4. The van der Waals surface area contributed by atoms with E-state index in [1.807, 2.05) is 32.2 Å². The summed E-state index contributed by atoms with van der Waals surface area (Å²) in [6, 6.07) is 10.0. The lowest BCUT2D eigenvalue weighted by molar-refractivity contribution is -0.121. The molecule has 0 aliphatic carbocycles. The number of anilines is 1. The summed E-state index contributed by atoms with van der Waals surface area (Å²) in [5.41, 5.74) is 0.669. The van der Waals surface area contributed by atoms with E-state index < -0.39 is 0 Å². The van der Waals surface area contributed by atoms with Crippen LogP contribution < -0.4 is 16.0 Å². The number of hydrogen-bond acceptors (Lipinski definition) is 4. The Balaban J connectivity index is 1.87. The highest BCUT2D eigenvalue weighted by Crippen LogP contribution is 2.14. The first-order valence-electron chi connectivity index (χ1n) is 7.79. The third kappa shape index (κ3) is 6.04. The molecule has 0 spiro atoms. The van der Waals surface area contributed by atoms with Crippen LogP contribution in [-0.4, -0.2) is 29.8 Å². The summed E-state index contributed by atoms with van der Waals surface area (Å²) >= 11 is 1.36. The van der Waals surface area contributed by atoms with Gasteiger partial charge >= 0.3 is 0 Å². The Hall–Kier alpha value is -2.67. The minimum absolute atomic E-state index is 0.0903. The first kappa shape index (κ1) is 18.7. The molecule has 6 nitrogen and oxygen atoms in total. The van der Waals surface area contributed by atoms with E-state index in [2.05, 4.69) is 16.0 Å². The predicted octanol–water partition coefficient (Wildman–Crippen LogP) is 2.64. The first-order chi connectivity index (χ1) is 11.7. The molecule has 3 amide bonds. The lowest BCUT2D eigenvalue weighted by atomic mass is 10.1. The Morgan fingerprint density at radius 2 is 1.68 bits per heavy atom. The quantitative estimate of drug-likeness (QED) is 0.767. The van der Waals surface area contributed by atoms with Gasteiger partial charge in [-0.05, 0) is 56.5 Å². The second-order valence-electron chi connectivity index (χ2n) is 6.49. The van der Waals surface area contributed by atoms with Gasteiger partial charge < -0.3 is 16.0 Å². The van der Waals surface area contributed by atoms with E-state index in [1.54, 1.807) is 30.3 Å². The molecule has 0 fully saturated rings. The highest BCUT2D eigenvalue weighted by atomic mass is 32.1. The topological polar surface area (TPSA) is 87.3 Å². The van der Waals surface area contributed by atoms with Gasteiger partial charge in [-0.25, -0.2) is 0 Å². The van der Waals surface area contributed by atoms with Crippen molar-refractivity contribution in [1.82, 2.24) is 10.6 Å². The van der Waals surface area contributed by atoms with Gasteiger partial charge in [0.2, 0.25) is 5.91 Å². The fourth-order valence-electron chi connectivity index (χ4n) is 2.03. The Kier molecular flexibility index (Phi) is 5.93.